The lowest BCUT2D eigenvalue weighted by molar-refractivity contribution is 0.179. The molecule has 0 amide bonds. The van der Waals surface area contributed by atoms with Crippen molar-refractivity contribution in [2.24, 2.45) is 16.7 Å². The van der Waals surface area contributed by atoms with E-state index >= 15 is 0 Å². The Morgan fingerprint density at radius 3 is 2.30 bits per heavy atom. The van der Waals surface area contributed by atoms with Gasteiger partial charge >= 0.3 is 0 Å². The van der Waals surface area contributed by atoms with Gasteiger partial charge in [-0.15, -0.1) is 0 Å². The maximum Gasteiger partial charge on any atom is -0.0289 e. The second kappa shape index (κ2) is 1.60. The van der Waals surface area contributed by atoms with E-state index in [1.54, 1.807) is 0 Å². The van der Waals surface area contributed by atoms with Gasteiger partial charge in [-0.05, 0) is 36.0 Å². The molecule has 0 aliphatic heterocycles. The van der Waals surface area contributed by atoms with Gasteiger partial charge in [0.15, 0.2) is 0 Å². The fourth-order valence-electron chi connectivity index (χ4n) is 3.03. The number of fused-ring (bicyclic) bond motifs is 1. The van der Waals surface area contributed by atoms with E-state index < -0.39 is 0 Å². The van der Waals surface area contributed by atoms with E-state index in [-0.39, 0.29) is 0 Å². The first-order chi connectivity index (χ1) is 4.55. The Kier molecular flexibility index (Phi) is 1.07. The normalized spacial score (nSPS) is 50.1. The molecule has 10 heavy (non-hydrogen) atoms. The fraction of sp³-hybridized carbons (Fsp3) is 1.00. The van der Waals surface area contributed by atoms with Crippen molar-refractivity contribution in [2.75, 3.05) is 0 Å². The highest BCUT2D eigenvalue weighted by Gasteiger charge is 2.58. The highest BCUT2D eigenvalue weighted by molar-refractivity contribution is 5.08. The minimum Gasteiger partial charge on any atom is -0.0596 e. The number of rotatable bonds is 0. The smallest absolute Gasteiger partial charge is 0.0289 e. The summed E-state index contributed by atoms with van der Waals surface area (Å²) in [5.74, 6) is 1.06. The highest BCUT2D eigenvalue weighted by atomic mass is 14.6. The maximum absolute atomic E-state index is 2.47. The van der Waals surface area contributed by atoms with Gasteiger partial charge < -0.3 is 0 Å². The lowest BCUT2D eigenvalue weighted by atomic mass is 9.73. The van der Waals surface area contributed by atoms with E-state index in [1.807, 2.05) is 0 Å². The predicted molar refractivity (Wildman–Crippen MR) is 43.8 cm³/mol. The molecule has 0 bridgehead atoms. The highest BCUT2D eigenvalue weighted by Crippen LogP contribution is 2.67. The van der Waals surface area contributed by atoms with Crippen LogP contribution in [-0.4, -0.2) is 0 Å². The molecule has 2 atom stereocenters. The minimum atomic E-state index is 0.674. The molecular weight excluding hydrogens is 120 g/mol. The molecule has 0 saturated heterocycles. The van der Waals surface area contributed by atoms with Gasteiger partial charge in [-0.25, -0.2) is 0 Å². The topological polar surface area (TPSA) is 0 Å². The molecule has 2 aliphatic carbocycles. The molecule has 0 aromatic heterocycles. The molecule has 0 aromatic carbocycles. The first-order valence-electron chi connectivity index (χ1n) is 4.55. The Morgan fingerprint density at radius 2 is 1.80 bits per heavy atom. The van der Waals surface area contributed by atoms with Crippen LogP contribution in [-0.2, 0) is 0 Å². The third kappa shape index (κ3) is 0.741. The van der Waals surface area contributed by atoms with Crippen molar-refractivity contribution in [2.45, 2.75) is 46.5 Å². The summed E-state index contributed by atoms with van der Waals surface area (Å²) in [6.45, 7) is 7.36. The first-order valence-corrected chi connectivity index (χ1v) is 4.55. The lowest BCUT2D eigenvalue weighted by Crippen LogP contribution is -2.22. The van der Waals surface area contributed by atoms with Gasteiger partial charge in [0.1, 0.15) is 0 Å². The molecule has 2 saturated carbocycles. The van der Waals surface area contributed by atoms with Gasteiger partial charge in [-0.2, -0.15) is 0 Å². The van der Waals surface area contributed by atoms with Crippen molar-refractivity contribution in [1.82, 2.24) is 0 Å². The van der Waals surface area contributed by atoms with Crippen molar-refractivity contribution < 1.29 is 0 Å². The molecule has 0 spiro atoms. The summed E-state index contributed by atoms with van der Waals surface area (Å²) in [4.78, 5) is 0. The minimum absolute atomic E-state index is 0.674. The van der Waals surface area contributed by atoms with E-state index in [1.165, 1.54) is 25.7 Å². The molecule has 0 aromatic rings. The second-order valence-corrected chi connectivity index (χ2v) is 5.25. The van der Waals surface area contributed by atoms with Crippen LogP contribution in [0, 0.1) is 16.7 Å². The van der Waals surface area contributed by atoms with Gasteiger partial charge in [0, 0.05) is 0 Å². The Balaban J connectivity index is 2.16. The molecular formula is C10H18. The Labute approximate surface area is 64.0 Å². The van der Waals surface area contributed by atoms with Crippen LogP contribution in [0.15, 0.2) is 0 Å². The molecule has 0 heteroatoms. The number of hydrogen-bond acceptors (Lipinski definition) is 0. The summed E-state index contributed by atoms with van der Waals surface area (Å²) in [5.41, 5.74) is 1.45. The molecule has 58 valence electrons. The van der Waals surface area contributed by atoms with Crippen LogP contribution in [0.4, 0.5) is 0 Å². The monoisotopic (exact) mass is 138 g/mol. The van der Waals surface area contributed by atoms with Crippen molar-refractivity contribution in [3.63, 3.8) is 0 Å². The molecule has 0 N–H and O–H groups in total. The van der Waals surface area contributed by atoms with Crippen LogP contribution in [0.25, 0.3) is 0 Å². The maximum atomic E-state index is 2.47. The zero-order chi connectivity index (χ0) is 7.41. The third-order valence-electron chi connectivity index (χ3n) is 3.86. The van der Waals surface area contributed by atoms with Crippen LogP contribution < -0.4 is 0 Å². The van der Waals surface area contributed by atoms with Crippen molar-refractivity contribution in [3.05, 3.63) is 0 Å². The van der Waals surface area contributed by atoms with Crippen LogP contribution in [0.5, 0.6) is 0 Å². The lowest BCUT2D eigenvalue weighted by Gasteiger charge is -2.32. The molecule has 0 nitrogen and oxygen atoms in total. The molecule has 2 unspecified atom stereocenters. The van der Waals surface area contributed by atoms with E-state index in [9.17, 15) is 0 Å². The van der Waals surface area contributed by atoms with Gasteiger partial charge in [0.25, 0.3) is 0 Å². The molecule has 0 heterocycles. The van der Waals surface area contributed by atoms with Gasteiger partial charge in [-0.1, -0.05) is 27.2 Å². The quantitative estimate of drug-likeness (QED) is 0.482. The Bertz CT molecular complexity index is 157. The van der Waals surface area contributed by atoms with E-state index in [0.29, 0.717) is 5.41 Å². The Hall–Kier alpha value is 0. The summed E-state index contributed by atoms with van der Waals surface area (Å²) in [5, 5.41) is 0. The second-order valence-electron chi connectivity index (χ2n) is 5.25. The molecule has 2 aliphatic rings. The zero-order valence-corrected chi connectivity index (χ0v) is 7.41. The van der Waals surface area contributed by atoms with Crippen molar-refractivity contribution in [3.8, 4) is 0 Å². The Morgan fingerprint density at radius 1 is 1.10 bits per heavy atom. The molecule has 2 rings (SSSR count). The summed E-state index contributed by atoms with van der Waals surface area (Å²) >= 11 is 0. The fourth-order valence-corrected chi connectivity index (χ4v) is 3.03. The summed E-state index contributed by atoms with van der Waals surface area (Å²) in [6.07, 6.45) is 5.95. The summed E-state index contributed by atoms with van der Waals surface area (Å²) in [6, 6.07) is 0. The average Bonchev–Trinajstić information content (AvgIpc) is 2.41. The van der Waals surface area contributed by atoms with Crippen LogP contribution in [0.3, 0.4) is 0 Å². The van der Waals surface area contributed by atoms with Crippen molar-refractivity contribution in [1.29, 1.82) is 0 Å². The van der Waals surface area contributed by atoms with Crippen LogP contribution in [0.1, 0.15) is 46.5 Å². The zero-order valence-electron chi connectivity index (χ0n) is 7.41. The molecule has 0 radical (unpaired) electrons. The molecule has 2 fully saturated rings. The summed E-state index contributed by atoms with van der Waals surface area (Å²) < 4.78 is 0. The van der Waals surface area contributed by atoms with E-state index in [4.69, 9.17) is 0 Å². The largest absolute Gasteiger partial charge is 0.0596 e. The number of hydrogen-bond donors (Lipinski definition) is 0. The van der Waals surface area contributed by atoms with Crippen LogP contribution in [0.2, 0.25) is 0 Å². The van der Waals surface area contributed by atoms with Crippen LogP contribution >= 0.6 is 0 Å². The van der Waals surface area contributed by atoms with Gasteiger partial charge in [0.2, 0.25) is 0 Å². The van der Waals surface area contributed by atoms with E-state index in [0.717, 1.165) is 11.3 Å². The van der Waals surface area contributed by atoms with E-state index in [2.05, 4.69) is 20.8 Å². The van der Waals surface area contributed by atoms with Gasteiger partial charge in [-0.3, -0.25) is 0 Å². The van der Waals surface area contributed by atoms with Crippen molar-refractivity contribution >= 4 is 0 Å². The first kappa shape index (κ1) is 6.69. The van der Waals surface area contributed by atoms with Gasteiger partial charge in [0.05, 0.1) is 0 Å². The summed E-state index contributed by atoms with van der Waals surface area (Å²) in [7, 11) is 0. The third-order valence-corrected chi connectivity index (χ3v) is 3.86. The average molecular weight is 138 g/mol. The SMILES string of the molecule is CC1(C)CCCC2(C)CC12. The standard InChI is InChI=1S/C10H18/c1-9(2)5-4-6-10(3)7-8(9)10/h8H,4-7H2,1-3H3. The predicted octanol–water partition coefficient (Wildman–Crippen LogP) is 3.22.